The third-order valence-corrected chi connectivity index (χ3v) is 5.72. The predicted octanol–water partition coefficient (Wildman–Crippen LogP) is 3.34. The van der Waals surface area contributed by atoms with Crippen LogP contribution in [0, 0.1) is 19.8 Å². The highest BCUT2D eigenvalue weighted by atomic mass is 19.3. The summed E-state index contributed by atoms with van der Waals surface area (Å²) in [5, 5.41) is 4.16. The van der Waals surface area contributed by atoms with E-state index in [2.05, 4.69) is 27.0 Å². The predicted molar refractivity (Wildman–Crippen MR) is 102 cm³/mol. The van der Waals surface area contributed by atoms with Crippen LogP contribution in [0.3, 0.4) is 0 Å². The van der Waals surface area contributed by atoms with E-state index in [1.807, 2.05) is 19.9 Å². The third-order valence-electron chi connectivity index (χ3n) is 5.72. The molecule has 0 radical (unpaired) electrons. The SMILES string of the molecule is Cc1ccc(C(=O)N2CC[C@@H](C)[C@H](c3cc(C(F)F)nc4ncnn34)C2)nc1C. The van der Waals surface area contributed by atoms with Gasteiger partial charge < -0.3 is 4.90 Å². The number of amides is 1. The topological polar surface area (TPSA) is 76.3 Å². The van der Waals surface area contributed by atoms with Crippen molar-refractivity contribution in [3.8, 4) is 0 Å². The number of nitrogens with zero attached hydrogens (tertiary/aromatic N) is 6. The van der Waals surface area contributed by atoms with E-state index in [1.54, 1.807) is 11.0 Å². The number of pyridine rings is 1. The van der Waals surface area contributed by atoms with Crippen molar-refractivity contribution in [3.63, 3.8) is 0 Å². The number of rotatable bonds is 3. The summed E-state index contributed by atoms with van der Waals surface area (Å²) in [5.41, 5.74) is 2.51. The number of hydrogen-bond donors (Lipinski definition) is 0. The molecule has 0 aromatic carbocycles. The molecule has 4 rings (SSSR count). The van der Waals surface area contributed by atoms with Crippen LogP contribution in [-0.2, 0) is 0 Å². The summed E-state index contributed by atoms with van der Waals surface area (Å²) in [7, 11) is 0. The summed E-state index contributed by atoms with van der Waals surface area (Å²) in [6, 6.07) is 5.00. The molecule has 0 bridgehead atoms. The molecule has 0 spiro atoms. The van der Waals surface area contributed by atoms with E-state index >= 15 is 0 Å². The second-order valence-electron chi connectivity index (χ2n) is 7.60. The first kappa shape index (κ1) is 19.4. The maximum absolute atomic E-state index is 13.3. The summed E-state index contributed by atoms with van der Waals surface area (Å²) in [4.78, 5) is 27.1. The molecule has 7 nitrogen and oxygen atoms in total. The summed E-state index contributed by atoms with van der Waals surface area (Å²) in [5.74, 6) is 0.0169. The van der Waals surface area contributed by atoms with Crippen molar-refractivity contribution in [3.05, 3.63) is 52.9 Å². The largest absolute Gasteiger partial charge is 0.337 e. The van der Waals surface area contributed by atoms with Gasteiger partial charge in [0.15, 0.2) is 0 Å². The highest BCUT2D eigenvalue weighted by molar-refractivity contribution is 5.92. The molecular formula is C20H22F2N6O. The van der Waals surface area contributed by atoms with Crippen LogP contribution in [0.4, 0.5) is 8.78 Å². The molecule has 0 aliphatic carbocycles. The lowest BCUT2D eigenvalue weighted by atomic mass is 9.84. The molecule has 1 saturated heterocycles. The van der Waals surface area contributed by atoms with E-state index in [4.69, 9.17) is 0 Å². The van der Waals surface area contributed by atoms with Crippen LogP contribution in [0.15, 0.2) is 24.5 Å². The first-order chi connectivity index (χ1) is 13.8. The fourth-order valence-corrected chi connectivity index (χ4v) is 3.78. The number of carbonyl (C=O) groups excluding carboxylic acids is 1. The molecule has 152 valence electrons. The van der Waals surface area contributed by atoms with Crippen molar-refractivity contribution < 1.29 is 13.6 Å². The Morgan fingerprint density at radius 2 is 2.03 bits per heavy atom. The van der Waals surface area contributed by atoms with E-state index in [9.17, 15) is 13.6 Å². The van der Waals surface area contributed by atoms with Crippen molar-refractivity contribution in [2.24, 2.45) is 5.92 Å². The monoisotopic (exact) mass is 400 g/mol. The van der Waals surface area contributed by atoms with E-state index in [0.717, 1.165) is 17.7 Å². The molecule has 29 heavy (non-hydrogen) atoms. The van der Waals surface area contributed by atoms with Gasteiger partial charge in [0.05, 0.1) is 5.69 Å². The van der Waals surface area contributed by atoms with Gasteiger partial charge in [-0.2, -0.15) is 10.1 Å². The number of hydrogen-bond acceptors (Lipinski definition) is 5. The summed E-state index contributed by atoms with van der Waals surface area (Å²) in [6.07, 6.45) is -0.646. The quantitative estimate of drug-likeness (QED) is 0.674. The maximum Gasteiger partial charge on any atom is 0.280 e. The van der Waals surface area contributed by atoms with Gasteiger partial charge in [0.2, 0.25) is 0 Å². The first-order valence-electron chi connectivity index (χ1n) is 9.57. The zero-order valence-electron chi connectivity index (χ0n) is 16.5. The Kier molecular flexibility index (Phi) is 4.97. The van der Waals surface area contributed by atoms with Crippen LogP contribution in [0.2, 0.25) is 0 Å². The van der Waals surface area contributed by atoms with Crippen molar-refractivity contribution in [1.29, 1.82) is 0 Å². The zero-order valence-corrected chi connectivity index (χ0v) is 16.5. The average Bonchev–Trinajstić information content (AvgIpc) is 3.18. The number of carbonyl (C=O) groups is 1. The highest BCUT2D eigenvalue weighted by Gasteiger charge is 2.33. The molecule has 1 aliphatic rings. The maximum atomic E-state index is 13.3. The van der Waals surface area contributed by atoms with Gasteiger partial charge in [0.1, 0.15) is 17.7 Å². The molecule has 4 heterocycles. The standard InChI is InChI=1S/C20H22F2N6O/c1-11-4-5-15(25-13(11)3)19(29)27-7-6-12(2)14(9-27)17-8-16(18(21)22)26-20-23-10-24-28(17)20/h4-5,8,10,12,14,18H,6-7,9H2,1-3H3/t12-,14-/m1/s1. The molecule has 1 fully saturated rings. The number of halogens is 2. The molecule has 3 aromatic rings. The van der Waals surface area contributed by atoms with Crippen molar-refractivity contribution in [1.82, 2.24) is 29.5 Å². The van der Waals surface area contributed by atoms with Gasteiger partial charge in [-0.25, -0.2) is 23.3 Å². The molecular weight excluding hydrogens is 378 g/mol. The van der Waals surface area contributed by atoms with Gasteiger partial charge in [-0.1, -0.05) is 13.0 Å². The van der Waals surface area contributed by atoms with Crippen LogP contribution < -0.4 is 0 Å². The minimum absolute atomic E-state index is 0.143. The molecule has 0 unspecified atom stereocenters. The molecule has 0 N–H and O–H groups in total. The molecule has 1 amide bonds. The van der Waals surface area contributed by atoms with Crippen LogP contribution in [-0.4, -0.2) is 48.5 Å². The Hall–Kier alpha value is -2.97. The fraction of sp³-hybridized carbons (Fsp3) is 0.450. The number of likely N-dealkylation sites (tertiary alicyclic amines) is 1. The second-order valence-corrected chi connectivity index (χ2v) is 7.60. The van der Waals surface area contributed by atoms with Gasteiger partial charge >= 0.3 is 0 Å². The number of aryl methyl sites for hydroxylation is 2. The molecule has 1 aliphatic heterocycles. The smallest absolute Gasteiger partial charge is 0.280 e. The average molecular weight is 400 g/mol. The van der Waals surface area contributed by atoms with Crippen LogP contribution in [0.25, 0.3) is 5.78 Å². The Morgan fingerprint density at radius 1 is 1.24 bits per heavy atom. The Labute approximate surface area is 166 Å². The second kappa shape index (κ2) is 7.46. The zero-order chi connectivity index (χ0) is 20.7. The number of piperidine rings is 1. The molecule has 3 aromatic heterocycles. The number of fused-ring (bicyclic) bond motifs is 1. The van der Waals surface area contributed by atoms with Gasteiger partial charge in [0, 0.05) is 24.7 Å². The normalized spacial score (nSPS) is 19.9. The van der Waals surface area contributed by atoms with Gasteiger partial charge in [-0.3, -0.25) is 4.79 Å². The summed E-state index contributed by atoms with van der Waals surface area (Å²) >= 11 is 0. The van der Waals surface area contributed by atoms with Crippen LogP contribution in [0.1, 0.15) is 58.8 Å². The summed E-state index contributed by atoms with van der Waals surface area (Å²) in [6.45, 7) is 6.88. The Balaban J connectivity index is 1.68. The minimum atomic E-state index is -2.70. The van der Waals surface area contributed by atoms with E-state index < -0.39 is 6.43 Å². The van der Waals surface area contributed by atoms with Crippen molar-refractivity contribution in [2.75, 3.05) is 13.1 Å². The molecule has 2 atom stereocenters. The molecule has 0 saturated carbocycles. The van der Waals surface area contributed by atoms with E-state index in [1.165, 1.54) is 16.9 Å². The van der Waals surface area contributed by atoms with E-state index in [-0.39, 0.29) is 29.2 Å². The number of alkyl halides is 2. The van der Waals surface area contributed by atoms with E-state index in [0.29, 0.717) is 24.5 Å². The van der Waals surface area contributed by atoms with Crippen molar-refractivity contribution in [2.45, 2.75) is 39.5 Å². The fourth-order valence-electron chi connectivity index (χ4n) is 3.78. The lowest BCUT2D eigenvalue weighted by molar-refractivity contribution is 0.0659. The highest BCUT2D eigenvalue weighted by Crippen LogP contribution is 2.34. The van der Waals surface area contributed by atoms with Crippen LogP contribution in [0.5, 0.6) is 0 Å². The first-order valence-corrected chi connectivity index (χ1v) is 9.57. The minimum Gasteiger partial charge on any atom is -0.337 e. The lowest BCUT2D eigenvalue weighted by Crippen LogP contribution is -2.43. The Bertz CT molecular complexity index is 1070. The van der Waals surface area contributed by atoms with Crippen molar-refractivity contribution >= 4 is 11.7 Å². The van der Waals surface area contributed by atoms with Crippen LogP contribution >= 0.6 is 0 Å². The van der Waals surface area contributed by atoms with Gasteiger partial charge in [-0.15, -0.1) is 0 Å². The summed E-state index contributed by atoms with van der Waals surface area (Å²) < 4.78 is 28.2. The van der Waals surface area contributed by atoms with Gasteiger partial charge in [-0.05, 0) is 43.9 Å². The Morgan fingerprint density at radius 3 is 2.76 bits per heavy atom. The molecule has 9 heteroatoms. The lowest BCUT2D eigenvalue weighted by Gasteiger charge is -2.37. The third kappa shape index (κ3) is 3.56. The van der Waals surface area contributed by atoms with Gasteiger partial charge in [0.25, 0.3) is 18.1 Å². The number of aromatic nitrogens is 5.